The van der Waals surface area contributed by atoms with Crippen LogP contribution in [0.5, 0.6) is 0 Å². The van der Waals surface area contributed by atoms with Gasteiger partial charge in [0.05, 0.1) is 23.3 Å². The van der Waals surface area contributed by atoms with Gasteiger partial charge in [0.1, 0.15) is 6.04 Å². The van der Waals surface area contributed by atoms with Crippen LogP contribution in [-0.2, 0) is 9.53 Å². The maximum Gasteiger partial charge on any atom is 0.328 e. The van der Waals surface area contributed by atoms with Crippen LogP contribution in [0.15, 0.2) is 54.7 Å². The van der Waals surface area contributed by atoms with E-state index in [1.54, 1.807) is 0 Å². The average Bonchev–Trinajstić information content (AvgIpc) is 3.18. The second-order valence-electron chi connectivity index (χ2n) is 6.46. The van der Waals surface area contributed by atoms with Crippen LogP contribution >= 0.6 is 0 Å². The number of fused-ring (bicyclic) bond motifs is 3. The summed E-state index contributed by atoms with van der Waals surface area (Å²) in [5.41, 5.74) is 5.18. The van der Waals surface area contributed by atoms with E-state index in [2.05, 4.69) is 41.7 Å². The number of carbonyl (C=O) groups excluding carboxylic acids is 1. The van der Waals surface area contributed by atoms with E-state index in [0.717, 1.165) is 33.6 Å². The Balaban J connectivity index is 2.01. The predicted octanol–water partition coefficient (Wildman–Crippen LogP) is 4.39. The first-order valence-electron chi connectivity index (χ1n) is 8.82. The molecule has 0 amide bonds. The highest BCUT2D eigenvalue weighted by Crippen LogP contribution is 2.30. The molecule has 4 rings (SSSR count). The Kier molecular flexibility index (Phi) is 3.99. The van der Waals surface area contributed by atoms with Gasteiger partial charge in [-0.3, -0.25) is 4.40 Å². The van der Waals surface area contributed by atoms with Gasteiger partial charge in [0.25, 0.3) is 0 Å². The van der Waals surface area contributed by atoms with Gasteiger partial charge in [-0.15, -0.1) is 0 Å². The summed E-state index contributed by atoms with van der Waals surface area (Å²) in [7, 11) is 0. The number of aromatic nitrogens is 3. The minimum absolute atomic E-state index is 0.257. The molecule has 5 nitrogen and oxygen atoms in total. The van der Waals surface area contributed by atoms with E-state index in [9.17, 15) is 4.79 Å². The Hall–Kier alpha value is -3.08. The number of carbonyl (C=O) groups is 1. The minimum atomic E-state index is -0.451. The summed E-state index contributed by atoms with van der Waals surface area (Å²) in [5, 5.41) is 0. The van der Waals surface area contributed by atoms with E-state index in [0.29, 0.717) is 6.61 Å². The molecule has 4 aromatic rings. The third-order valence-electron chi connectivity index (χ3n) is 4.64. The summed E-state index contributed by atoms with van der Waals surface area (Å²) in [6, 6.07) is 15.9. The van der Waals surface area contributed by atoms with Gasteiger partial charge in [-0.1, -0.05) is 36.4 Å². The first kappa shape index (κ1) is 16.4. The third-order valence-corrected chi connectivity index (χ3v) is 4.64. The molecule has 26 heavy (non-hydrogen) atoms. The lowest BCUT2D eigenvalue weighted by molar-refractivity contribution is -0.146. The van der Waals surface area contributed by atoms with Crippen LogP contribution in [0.1, 0.15) is 25.5 Å². The fourth-order valence-electron chi connectivity index (χ4n) is 3.31. The fraction of sp³-hybridized carbons (Fsp3) is 0.238. The van der Waals surface area contributed by atoms with Crippen molar-refractivity contribution in [3.8, 4) is 11.3 Å². The fourth-order valence-corrected chi connectivity index (χ4v) is 3.31. The van der Waals surface area contributed by atoms with Gasteiger partial charge >= 0.3 is 5.97 Å². The molecule has 0 saturated carbocycles. The van der Waals surface area contributed by atoms with Crippen molar-refractivity contribution in [2.24, 2.45) is 0 Å². The Bertz CT molecular complexity index is 1090. The highest BCUT2D eigenvalue weighted by Gasteiger charge is 2.23. The molecule has 5 heteroatoms. The zero-order chi connectivity index (χ0) is 18.3. The SMILES string of the molecule is CCOC(=O)C(C)n1cc(-c2ccccc2)n2c3ccc(C)cc3nc12. The maximum atomic E-state index is 12.3. The molecule has 0 aliphatic carbocycles. The lowest BCUT2D eigenvalue weighted by Gasteiger charge is -2.11. The Labute approximate surface area is 151 Å². The van der Waals surface area contributed by atoms with Gasteiger partial charge in [-0.25, -0.2) is 9.78 Å². The lowest BCUT2D eigenvalue weighted by atomic mass is 10.1. The number of ether oxygens (including phenoxy) is 1. The van der Waals surface area contributed by atoms with Crippen LogP contribution in [0.3, 0.4) is 0 Å². The van der Waals surface area contributed by atoms with E-state index < -0.39 is 6.04 Å². The molecule has 2 heterocycles. The molecule has 0 saturated heterocycles. The summed E-state index contributed by atoms with van der Waals surface area (Å²) < 4.78 is 9.23. The van der Waals surface area contributed by atoms with Crippen LogP contribution < -0.4 is 0 Å². The number of rotatable bonds is 4. The molecule has 0 N–H and O–H groups in total. The normalized spacial score (nSPS) is 12.6. The smallest absolute Gasteiger partial charge is 0.328 e. The molecule has 0 aliphatic rings. The van der Waals surface area contributed by atoms with Crippen LogP contribution in [-0.4, -0.2) is 26.5 Å². The molecule has 2 aromatic carbocycles. The van der Waals surface area contributed by atoms with Crippen molar-refractivity contribution >= 4 is 22.8 Å². The van der Waals surface area contributed by atoms with Gasteiger partial charge in [-0.2, -0.15) is 0 Å². The van der Waals surface area contributed by atoms with E-state index in [1.165, 1.54) is 0 Å². The van der Waals surface area contributed by atoms with E-state index in [1.807, 2.05) is 42.8 Å². The van der Waals surface area contributed by atoms with Crippen molar-refractivity contribution in [3.05, 3.63) is 60.3 Å². The zero-order valence-electron chi connectivity index (χ0n) is 15.1. The molecule has 0 bridgehead atoms. The quantitative estimate of drug-likeness (QED) is 0.515. The third kappa shape index (κ3) is 2.56. The molecule has 0 spiro atoms. The second kappa shape index (κ2) is 6.33. The number of hydrogen-bond acceptors (Lipinski definition) is 3. The molecule has 0 radical (unpaired) electrons. The lowest BCUT2D eigenvalue weighted by Crippen LogP contribution is -2.18. The molecule has 132 valence electrons. The highest BCUT2D eigenvalue weighted by atomic mass is 16.5. The number of benzene rings is 2. The highest BCUT2D eigenvalue weighted by molar-refractivity contribution is 5.85. The van der Waals surface area contributed by atoms with Crippen molar-refractivity contribution in [2.75, 3.05) is 6.61 Å². The monoisotopic (exact) mass is 347 g/mol. The van der Waals surface area contributed by atoms with Gasteiger partial charge in [0.2, 0.25) is 5.78 Å². The van der Waals surface area contributed by atoms with Gasteiger partial charge in [0, 0.05) is 11.8 Å². The van der Waals surface area contributed by atoms with Crippen LogP contribution in [0, 0.1) is 6.92 Å². The minimum Gasteiger partial charge on any atom is -0.464 e. The van der Waals surface area contributed by atoms with Gasteiger partial charge in [0.15, 0.2) is 0 Å². The first-order chi connectivity index (χ1) is 12.6. The number of nitrogens with zero attached hydrogens (tertiary/aromatic N) is 3. The van der Waals surface area contributed by atoms with Crippen molar-refractivity contribution in [1.29, 1.82) is 0 Å². The largest absolute Gasteiger partial charge is 0.464 e. The zero-order valence-corrected chi connectivity index (χ0v) is 15.1. The van der Waals surface area contributed by atoms with E-state index in [-0.39, 0.29) is 5.97 Å². The van der Waals surface area contributed by atoms with Gasteiger partial charge in [-0.05, 0) is 38.5 Å². The summed E-state index contributed by atoms with van der Waals surface area (Å²) >= 11 is 0. The number of hydrogen-bond donors (Lipinski definition) is 0. The Morgan fingerprint density at radius 1 is 1.19 bits per heavy atom. The standard InChI is InChI=1S/C21H21N3O2/c1-4-26-20(25)15(3)23-13-19(16-8-6-5-7-9-16)24-18-11-10-14(2)12-17(18)22-21(23)24/h5-13,15H,4H2,1-3H3. The maximum absolute atomic E-state index is 12.3. The number of esters is 1. The van der Waals surface area contributed by atoms with Crippen LogP contribution in [0.4, 0.5) is 0 Å². The summed E-state index contributed by atoms with van der Waals surface area (Å²) in [5.74, 6) is 0.484. The number of imidazole rings is 2. The molecule has 0 fully saturated rings. The first-order valence-corrected chi connectivity index (χ1v) is 8.82. The second-order valence-corrected chi connectivity index (χ2v) is 6.46. The van der Waals surface area contributed by atoms with Crippen molar-refractivity contribution in [1.82, 2.24) is 14.0 Å². The predicted molar refractivity (Wildman–Crippen MR) is 102 cm³/mol. The molecular formula is C21H21N3O2. The van der Waals surface area contributed by atoms with Crippen molar-refractivity contribution in [3.63, 3.8) is 0 Å². The van der Waals surface area contributed by atoms with Gasteiger partial charge < -0.3 is 9.30 Å². The molecule has 1 unspecified atom stereocenters. The Morgan fingerprint density at radius 2 is 1.96 bits per heavy atom. The topological polar surface area (TPSA) is 48.5 Å². The number of aryl methyl sites for hydroxylation is 1. The van der Waals surface area contributed by atoms with Crippen LogP contribution in [0.25, 0.3) is 28.1 Å². The molecule has 2 aromatic heterocycles. The summed E-state index contributed by atoms with van der Waals surface area (Å²) in [6.07, 6.45) is 1.98. The van der Waals surface area contributed by atoms with Crippen molar-refractivity contribution < 1.29 is 9.53 Å². The Morgan fingerprint density at radius 3 is 2.69 bits per heavy atom. The molecular weight excluding hydrogens is 326 g/mol. The van der Waals surface area contributed by atoms with E-state index >= 15 is 0 Å². The molecule has 0 aliphatic heterocycles. The average molecular weight is 347 g/mol. The summed E-state index contributed by atoms with van der Waals surface area (Å²) in [4.78, 5) is 17.1. The van der Waals surface area contributed by atoms with Crippen LogP contribution in [0.2, 0.25) is 0 Å². The molecule has 1 atom stereocenters. The van der Waals surface area contributed by atoms with E-state index in [4.69, 9.17) is 9.72 Å². The van der Waals surface area contributed by atoms with Crippen molar-refractivity contribution in [2.45, 2.75) is 26.8 Å². The summed E-state index contributed by atoms with van der Waals surface area (Å²) in [6.45, 7) is 6.08.